The van der Waals surface area contributed by atoms with E-state index in [0.717, 1.165) is 12.0 Å². The van der Waals surface area contributed by atoms with Gasteiger partial charge in [-0.25, -0.2) is 4.79 Å². The third-order valence-corrected chi connectivity index (χ3v) is 14.0. The summed E-state index contributed by atoms with van der Waals surface area (Å²) in [6, 6.07) is -0.875. The maximum Gasteiger partial charge on any atom is 0.329 e. The van der Waals surface area contributed by atoms with Crippen LogP contribution in [0.5, 0.6) is 0 Å². The van der Waals surface area contributed by atoms with Crippen molar-refractivity contribution in [1.82, 2.24) is 4.90 Å². The van der Waals surface area contributed by atoms with E-state index in [1.54, 1.807) is 34.1 Å². The van der Waals surface area contributed by atoms with E-state index in [1.165, 1.54) is 4.90 Å². The Morgan fingerprint density at radius 3 is 2.31 bits per heavy atom. The van der Waals surface area contributed by atoms with Crippen LogP contribution in [-0.2, 0) is 38.1 Å². The molecular formula is C49H77NO11. The molecule has 0 spiro atoms. The van der Waals surface area contributed by atoms with Crippen LogP contribution in [0.4, 0.5) is 0 Å². The molecular weight excluding hydrogens is 779 g/mol. The molecule has 61 heavy (non-hydrogen) atoms. The van der Waals surface area contributed by atoms with Crippen molar-refractivity contribution in [2.24, 2.45) is 35.5 Å². The lowest BCUT2D eigenvalue weighted by Gasteiger charge is -2.43. The molecule has 3 heterocycles. The van der Waals surface area contributed by atoms with Gasteiger partial charge in [0.15, 0.2) is 5.79 Å². The van der Waals surface area contributed by atoms with Gasteiger partial charge in [-0.15, -0.1) is 0 Å². The minimum atomic E-state index is -1.73. The predicted molar refractivity (Wildman–Crippen MR) is 234 cm³/mol. The summed E-state index contributed by atoms with van der Waals surface area (Å²) in [7, 11) is 3.23. The molecule has 1 aliphatic carbocycles. The molecule has 2 saturated heterocycles. The van der Waals surface area contributed by atoms with Crippen LogP contribution in [0.3, 0.4) is 0 Å². The third kappa shape index (κ3) is 14.5. The molecule has 344 valence electrons. The van der Waals surface area contributed by atoms with Crippen molar-refractivity contribution in [3.63, 3.8) is 0 Å². The van der Waals surface area contributed by atoms with Gasteiger partial charge in [0.05, 0.1) is 36.9 Å². The molecule has 0 aromatic rings. The largest absolute Gasteiger partial charge is 0.460 e. The molecule has 3 N–H and O–H groups in total. The number of aliphatic hydroxyl groups excluding tert-OH is 2. The number of ether oxygens (including phenoxy) is 4. The number of aliphatic hydroxyl groups is 3. The molecule has 12 heteroatoms. The number of nitrogens with zero attached hydrogens (tertiary/aromatic N) is 1. The summed E-state index contributed by atoms with van der Waals surface area (Å²) in [6.45, 7) is 13.6. The normalized spacial score (nSPS) is 40.8. The van der Waals surface area contributed by atoms with Crippen LogP contribution in [0, 0.1) is 35.5 Å². The van der Waals surface area contributed by atoms with Gasteiger partial charge in [-0.1, -0.05) is 71.1 Å². The first-order chi connectivity index (χ1) is 28.8. The number of ketones is 2. The summed E-state index contributed by atoms with van der Waals surface area (Å²) < 4.78 is 24.0. The number of esters is 1. The first kappa shape index (κ1) is 50.6. The summed E-state index contributed by atoms with van der Waals surface area (Å²) in [5, 5.41) is 33.4. The molecule has 0 aromatic heterocycles. The van der Waals surface area contributed by atoms with Crippen LogP contribution >= 0.6 is 0 Å². The van der Waals surface area contributed by atoms with Crippen LogP contribution in [0.25, 0.3) is 0 Å². The highest BCUT2D eigenvalue weighted by Crippen LogP contribution is 2.39. The highest BCUT2D eigenvalue weighted by molar-refractivity contribution is 5.87. The van der Waals surface area contributed by atoms with Gasteiger partial charge in [0.1, 0.15) is 23.7 Å². The second-order valence-electron chi connectivity index (χ2n) is 19.0. The van der Waals surface area contributed by atoms with Gasteiger partial charge in [0.25, 0.3) is 0 Å². The molecule has 4 rings (SSSR count). The number of cyclic esters (lactones) is 1. The summed E-state index contributed by atoms with van der Waals surface area (Å²) in [6.07, 6.45) is 13.9. The highest BCUT2D eigenvalue weighted by atomic mass is 16.6. The number of carbonyl (C=O) groups is 4. The molecule has 1 unspecified atom stereocenters. The Hall–Kier alpha value is -3.00. The number of methoxy groups -OCH3 is 2. The number of carbonyl (C=O) groups excluding carboxylic acids is 4. The highest BCUT2D eigenvalue weighted by Gasteiger charge is 2.47. The fourth-order valence-electron chi connectivity index (χ4n) is 9.71. The fraction of sp³-hybridized carbons (Fsp3) is 0.755. The zero-order chi connectivity index (χ0) is 45.0. The average Bonchev–Trinajstić information content (AvgIpc) is 3.71. The number of fused-ring (bicyclic) bond motifs is 3. The molecule has 1 amide bonds. The molecule has 4 aliphatic rings. The Labute approximate surface area is 365 Å². The zero-order valence-corrected chi connectivity index (χ0v) is 38.4. The van der Waals surface area contributed by atoms with Gasteiger partial charge < -0.3 is 39.2 Å². The summed E-state index contributed by atoms with van der Waals surface area (Å²) in [4.78, 5) is 56.9. The monoisotopic (exact) mass is 856 g/mol. The van der Waals surface area contributed by atoms with Gasteiger partial charge in [0, 0.05) is 57.8 Å². The van der Waals surface area contributed by atoms with Gasteiger partial charge >= 0.3 is 5.97 Å². The topological polar surface area (TPSA) is 169 Å². The zero-order valence-electron chi connectivity index (χ0n) is 38.4. The van der Waals surface area contributed by atoms with Gasteiger partial charge in [-0.05, 0) is 101 Å². The van der Waals surface area contributed by atoms with E-state index in [1.807, 2.05) is 58.1 Å². The summed E-state index contributed by atoms with van der Waals surface area (Å²) in [5.41, 5.74) is 1.51. The van der Waals surface area contributed by atoms with E-state index in [9.17, 15) is 34.5 Å². The molecule has 0 radical (unpaired) electrons. The van der Waals surface area contributed by atoms with E-state index >= 15 is 0 Å². The molecule has 1 saturated carbocycles. The van der Waals surface area contributed by atoms with Crippen molar-refractivity contribution >= 4 is 23.4 Å². The quantitative estimate of drug-likeness (QED) is 0.193. The van der Waals surface area contributed by atoms with Gasteiger partial charge in [-0.3, -0.25) is 14.4 Å². The SMILES string of the molecule is CO[C@H]1C[C@@H]2CC[C@@H](C)[C@](O)(CC(=O)N3CCC[C@H]3C(=O)O[C@H]([C@H](C)CC3CC[C@H](O)[C@@H](OC)C3)CC(=O)[C@H](C)/C=C(\C)[C@@H](O)CC(=O)[C@H](C)C[C@H](C)/C=C/C=C/C=C/1C)O2. The average molecular weight is 856 g/mol. The van der Waals surface area contributed by atoms with Crippen LogP contribution in [0.2, 0.25) is 0 Å². The first-order valence-electron chi connectivity index (χ1n) is 22.9. The Kier molecular flexibility index (Phi) is 19.6. The lowest BCUT2D eigenvalue weighted by atomic mass is 9.78. The first-order valence-corrected chi connectivity index (χ1v) is 22.9. The fourth-order valence-corrected chi connectivity index (χ4v) is 9.71. The number of rotatable bonds is 5. The van der Waals surface area contributed by atoms with Crippen molar-refractivity contribution in [2.75, 3.05) is 20.8 Å². The maximum absolute atomic E-state index is 14.2. The second-order valence-corrected chi connectivity index (χ2v) is 19.0. The molecule has 14 atom stereocenters. The van der Waals surface area contributed by atoms with E-state index < -0.39 is 47.9 Å². The molecule has 12 nitrogen and oxygen atoms in total. The van der Waals surface area contributed by atoms with Gasteiger partial charge in [0.2, 0.25) is 5.91 Å². The van der Waals surface area contributed by atoms with Crippen LogP contribution in [0.1, 0.15) is 132 Å². The smallest absolute Gasteiger partial charge is 0.329 e. The van der Waals surface area contributed by atoms with Crippen molar-refractivity contribution in [3.8, 4) is 0 Å². The number of Topliss-reactive ketones (excluding diaryl/α,β-unsaturated/α-hetero) is 2. The third-order valence-electron chi connectivity index (χ3n) is 14.0. The predicted octanol–water partition coefficient (Wildman–Crippen LogP) is 6.99. The van der Waals surface area contributed by atoms with E-state index in [4.69, 9.17) is 18.9 Å². The lowest BCUT2D eigenvalue weighted by Crippen LogP contribution is -2.52. The minimum Gasteiger partial charge on any atom is -0.460 e. The van der Waals surface area contributed by atoms with Crippen molar-refractivity contribution in [3.05, 3.63) is 47.6 Å². The summed E-state index contributed by atoms with van der Waals surface area (Å²) in [5.74, 6) is -4.09. The summed E-state index contributed by atoms with van der Waals surface area (Å²) >= 11 is 0. The number of hydrogen-bond acceptors (Lipinski definition) is 11. The molecule has 2 bridgehead atoms. The lowest BCUT2D eigenvalue weighted by molar-refractivity contribution is -0.283. The Morgan fingerprint density at radius 1 is 0.869 bits per heavy atom. The van der Waals surface area contributed by atoms with Crippen molar-refractivity contribution < 1.29 is 53.4 Å². The number of hydrogen-bond donors (Lipinski definition) is 3. The number of amides is 1. The Morgan fingerprint density at radius 2 is 1.61 bits per heavy atom. The molecule has 3 fully saturated rings. The maximum atomic E-state index is 14.2. The van der Waals surface area contributed by atoms with E-state index in [-0.39, 0.29) is 78.7 Å². The van der Waals surface area contributed by atoms with Crippen LogP contribution < -0.4 is 0 Å². The minimum absolute atomic E-state index is 0.0517. The Balaban J connectivity index is 1.62. The van der Waals surface area contributed by atoms with Crippen LogP contribution in [-0.4, -0.2) is 113 Å². The van der Waals surface area contributed by atoms with Crippen LogP contribution in [0.15, 0.2) is 47.6 Å². The standard InChI is InChI=1S/C49H77NO11/c1-30-14-11-10-12-15-31(2)44(58-8)26-38-19-17-36(7)49(57,61-38)29-47(55)50-21-13-16-39(50)48(56)60-45(35(6)24-37-18-20-40(51)46(25-37)59-9)28-43(54)34(5)23-33(4)42(53)27-41(52)32(3)22-30/h10-12,14-15,23,30,32,34-40,42,44-46,51,53,57H,13,16-22,24-29H2,1-9H3/b12-10+,14-11+,31-15+,33-23+/t30-,32-,34-,35-,36-,37?,38+,39+,40+,42+,44+,45+,46+,49+/m1/s1. The molecule has 0 aromatic carbocycles. The number of allylic oxidation sites excluding steroid dienone is 6. The van der Waals surface area contributed by atoms with Crippen molar-refractivity contribution in [2.45, 2.75) is 180 Å². The molecule has 3 aliphatic heterocycles. The second kappa shape index (κ2) is 23.6. The Bertz CT molecular complexity index is 1600. The van der Waals surface area contributed by atoms with E-state index in [2.05, 4.69) is 6.92 Å². The van der Waals surface area contributed by atoms with E-state index in [0.29, 0.717) is 69.9 Å². The van der Waals surface area contributed by atoms with Crippen molar-refractivity contribution in [1.29, 1.82) is 0 Å². The van der Waals surface area contributed by atoms with Gasteiger partial charge in [-0.2, -0.15) is 0 Å².